The number of hydrogen-bond acceptors (Lipinski definition) is 5. The highest BCUT2D eigenvalue weighted by Crippen LogP contribution is 2.28. The van der Waals surface area contributed by atoms with E-state index in [1.807, 2.05) is 42.5 Å². The van der Waals surface area contributed by atoms with Gasteiger partial charge in [0.05, 0.1) is 12.6 Å². The van der Waals surface area contributed by atoms with E-state index in [1.54, 1.807) is 0 Å². The molecule has 2 aromatic heterocycles. The van der Waals surface area contributed by atoms with Crippen LogP contribution in [0.5, 0.6) is 0 Å². The van der Waals surface area contributed by atoms with Crippen LogP contribution in [-0.4, -0.2) is 31.2 Å². The van der Waals surface area contributed by atoms with Crippen molar-refractivity contribution in [3.05, 3.63) is 66.3 Å². The maximum absolute atomic E-state index is 5.95. The van der Waals surface area contributed by atoms with Crippen molar-refractivity contribution in [2.75, 3.05) is 6.54 Å². The highest BCUT2D eigenvalue weighted by atomic mass is 16.3. The molecular weight excluding hydrogens is 326 g/mol. The number of rotatable bonds is 3. The monoisotopic (exact) mass is 345 g/mol. The number of benzene rings is 2. The molecule has 130 valence electrons. The second-order valence-electron chi connectivity index (χ2n) is 6.62. The molecule has 1 unspecified atom stereocenters. The molecule has 6 nitrogen and oxygen atoms in total. The van der Waals surface area contributed by atoms with Crippen LogP contribution in [0.3, 0.4) is 0 Å². The summed E-state index contributed by atoms with van der Waals surface area (Å²) in [6.45, 7) is 4.64. The molecule has 1 aliphatic rings. The Labute approximate surface area is 151 Å². The Morgan fingerprint density at radius 3 is 2.62 bits per heavy atom. The van der Waals surface area contributed by atoms with Gasteiger partial charge in [-0.15, -0.1) is 10.2 Å². The van der Waals surface area contributed by atoms with Gasteiger partial charge in [-0.05, 0) is 19.1 Å². The standard InChI is InChI=1S/C20H19N5O/c1-14(20-21-16-9-5-6-10-17(16)26-20)24-11-12-25-18(13-24)22-23-19(25)15-7-3-2-4-8-15/h2-10,14H,11-13H2,1H3. The van der Waals surface area contributed by atoms with E-state index in [4.69, 9.17) is 4.42 Å². The van der Waals surface area contributed by atoms with Gasteiger partial charge in [0.1, 0.15) is 11.3 Å². The van der Waals surface area contributed by atoms with Crippen molar-refractivity contribution in [2.45, 2.75) is 26.1 Å². The van der Waals surface area contributed by atoms with E-state index >= 15 is 0 Å². The molecule has 0 saturated carbocycles. The SMILES string of the molecule is CC(c1nc2ccccc2o1)N1CCn2c(nnc2-c2ccccc2)C1. The summed E-state index contributed by atoms with van der Waals surface area (Å²) in [6.07, 6.45) is 0. The van der Waals surface area contributed by atoms with Gasteiger partial charge in [0.2, 0.25) is 5.89 Å². The molecule has 3 heterocycles. The van der Waals surface area contributed by atoms with Crippen LogP contribution in [-0.2, 0) is 13.1 Å². The minimum absolute atomic E-state index is 0.0908. The van der Waals surface area contributed by atoms with Crippen LogP contribution in [0.1, 0.15) is 24.7 Å². The van der Waals surface area contributed by atoms with Gasteiger partial charge in [-0.2, -0.15) is 0 Å². The minimum Gasteiger partial charge on any atom is -0.439 e. The maximum atomic E-state index is 5.95. The van der Waals surface area contributed by atoms with Crippen molar-refractivity contribution >= 4 is 11.1 Å². The Balaban J connectivity index is 1.41. The van der Waals surface area contributed by atoms with Gasteiger partial charge in [0, 0.05) is 18.7 Å². The molecule has 0 aliphatic carbocycles. The van der Waals surface area contributed by atoms with Crippen LogP contribution in [0.25, 0.3) is 22.5 Å². The van der Waals surface area contributed by atoms with E-state index in [0.717, 1.165) is 53.8 Å². The van der Waals surface area contributed by atoms with Gasteiger partial charge in [0.15, 0.2) is 11.4 Å². The molecule has 0 fully saturated rings. The number of oxazole rings is 1. The first kappa shape index (κ1) is 15.3. The van der Waals surface area contributed by atoms with Crippen LogP contribution in [0.4, 0.5) is 0 Å². The second-order valence-corrected chi connectivity index (χ2v) is 6.62. The number of nitrogens with zero attached hydrogens (tertiary/aromatic N) is 5. The lowest BCUT2D eigenvalue weighted by Crippen LogP contribution is -2.36. The quantitative estimate of drug-likeness (QED) is 0.567. The van der Waals surface area contributed by atoms with E-state index in [1.165, 1.54) is 0 Å². The lowest BCUT2D eigenvalue weighted by Gasteiger charge is -2.31. The fourth-order valence-electron chi connectivity index (χ4n) is 3.53. The Morgan fingerprint density at radius 2 is 1.77 bits per heavy atom. The summed E-state index contributed by atoms with van der Waals surface area (Å²) < 4.78 is 8.16. The summed E-state index contributed by atoms with van der Waals surface area (Å²) >= 11 is 0. The highest BCUT2D eigenvalue weighted by Gasteiger charge is 2.27. The number of hydrogen-bond donors (Lipinski definition) is 0. The van der Waals surface area contributed by atoms with Crippen LogP contribution < -0.4 is 0 Å². The van der Waals surface area contributed by atoms with Crippen molar-refractivity contribution in [2.24, 2.45) is 0 Å². The summed E-state index contributed by atoms with van der Waals surface area (Å²) in [5.41, 5.74) is 2.84. The minimum atomic E-state index is 0.0908. The predicted octanol–water partition coefficient (Wildman–Crippen LogP) is 3.66. The zero-order valence-electron chi connectivity index (χ0n) is 14.5. The topological polar surface area (TPSA) is 60.0 Å². The molecule has 26 heavy (non-hydrogen) atoms. The molecule has 0 radical (unpaired) electrons. The Bertz CT molecular complexity index is 1020. The molecule has 0 N–H and O–H groups in total. The third-order valence-corrected chi connectivity index (χ3v) is 5.03. The molecule has 0 bridgehead atoms. The Morgan fingerprint density at radius 1 is 0.962 bits per heavy atom. The van der Waals surface area contributed by atoms with Crippen molar-refractivity contribution in [3.63, 3.8) is 0 Å². The molecule has 1 aliphatic heterocycles. The van der Waals surface area contributed by atoms with Gasteiger partial charge < -0.3 is 8.98 Å². The molecule has 2 aromatic carbocycles. The van der Waals surface area contributed by atoms with Gasteiger partial charge in [-0.25, -0.2) is 4.98 Å². The summed E-state index contributed by atoms with van der Waals surface area (Å²) in [6, 6.07) is 18.2. The first-order valence-corrected chi connectivity index (χ1v) is 8.86. The van der Waals surface area contributed by atoms with Crippen LogP contribution >= 0.6 is 0 Å². The largest absolute Gasteiger partial charge is 0.439 e. The summed E-state index contributed by atoms with van der Waals surface area (Å²) in [4.78, 5) is 6.98. The van der Waals surface area contributed by atoms with Crippen molar-refractivity contribution in [1.82, 2.24) is 24.6 Å². The van der Waals surface area contributed by atoms with Crippen molar-refractivity contribution in [3.8, 4) is 11.4 Å². The van der Waals surface area contributed by atoms with E-state index in [9.17, 15) is 0 Å². The Hall–Kier alpha value is -2.99. The fourth-order valence-corrected chi connectivity index (χ4v) is 3.53. The smallest absolute Gasteiger partial charge is 0.212 e. The molecule has 5 rings (SSSR count). The van der Waals surface area contributed by atoms with Crippen LogP contribution in [0, 0.1) is 0 Å². The van der Waals surface area contributed by atoms with Crippen molar-refractivity contribution < 1.29 is 4.42 Å². The first-order valence-electron chi connectivity index (χ1n) is 8.86. The molecule has 6 heteroatoms. The molecule has 1 atom stereocenters. The number of fused-ring (bicyclic) bond motifs is 2. The van der Waals surface area contributed by atoms with Crippen molar-refractivity contribution in [1.29, 1.82) is 0 Å². The van der Waals surface area contributed by atoms with Crippen LogP contribution in [0.15, 0.2) is 59.0 Å². The van der Waals surface area contributed by atoms with Gasteiger partial charge in [-0.3, -0.25) is 4.90 Å². The summed E-state index contributed by atoms with van der Waals surface area (Å²) in [5.74, 6) is 2.68. The number of para-hydroxylation sites is 2. The molecular formula is C20H19N5O. The molecule has 0 amide bonds. The maximum Gasteiger partial charge on any atom is 0.212 e. The average molecular weight is 345 g/mol. The predicted molar refractivity (Wildman–Crippen MR) is 98.3 cm³/mol. The van der Waals surface area contributed by atoms with Gasteiger partial charge in [0.25, 0.3) is 0 Å². The van der Waals surface area contributed by atoms with Gasteiger partial charge in [-0.1, -0.05) is 42.5 Å². The zero-order chi connectivity index (χ0) is 17.5. The lowest BCUT2D eigenvalue weighted by molar-refractivity contribution is 0.144. The molecule has 0 spiro atoms. The summed E-state index contributed by atoms with van der Waals surface area (Å²) in [7, 11) is 0. The number of aromatic nitrogens is 4. The first-order chi connectivity index (χ1) is 12.8. The zero-order valence-corrected chi connectivity index (χ0v) is 14.5. The van der Waals surface area contributed by atoms with E-state index in [-0.39, 0.29) is 6.04 Å². The van der Waals surface area contributed by atoms with E-state index in [0.29, 0.717) is 0 Å². The third kappa shape index (κ3) is 2.50. The average Bonchev–Trinajstić information content (AvgIpc) is 3.31. The van der Waals surface area contributed by atoms with Gasteiger partial charge >= 0.3 is 0 Å². The summed E-state index contributed by atoms with van der Waals surface area (Å²) in [5, 5.41) is 8.84. The highest BCUT2D eigenvalue weighted by molar-refractivity contribution is 5.72. The normalized spacial score (nSPS) is 15.9. The lowest BCUT2D eigenvalue weighted by atomic mass is 10.2. The molecule has 0 saturated heterocycles. The van der Waals surface area contributed by atoms with E-state index in [2.05, 4.69) is 43.7 Å². The van der Waals surface area contributed by atoms with E-state index < -0.39 is 0 Å². The second kappa shape index (κ2) is 6.07. The molecule has 4 aromatic rings. The van der Waals surface area contributed by atoms with Crippen LogP contribution in [0.2, 0.25) is 0 Å². The fraction of sp³-hybridized carbons (Fsp3) is 0.250. The Kier molecular flexibility index (Phi) is 3.57. The third-order valence-electron chi connectivity index (χ3n) is 5.03.